The van der Waals surface area contributed by atoms with Crippen molar-refractivity contribution < 1.29 is 0 Å². The highest BCUT2D eigenvalue weighted by molar-refractivity contribution is 5.91. The highest BCUT2D eigenvalue weighted by atomic mass is 15.2. The molecule has 0 amide bonds. The van der Waals surface area contributed by atoms with E-state index in [1.165, 1.54) is 10.8 Å². The normalized spacial score (nSPS) is 12.6. The maximum absolute atomic E-state index is 5.66. The molecule has 2 aromatic rings. The average molecular weight is 229 g/mol. The lowest BCUT2D eigenvalue weighted by Crippen LogP contribution is -2.28. The molecular formula is C14H19N3. The summed E-state index contributed by atoms with van der Waals surface area (Å²) in [6, 6.07) is 10.4. The molecule has 0 spiro atoms. The van der Waals surface area contributed by atoms with E-state index in [0.29, 0.717) is 12.5 Å². The van der Waals surface area contributed by atoms with Gasteiger partial charge in [0.05, 0.1) is 0 Å². The van der Waals surface area contributed by atoms with Crippen molar-refractivity contribution >= 4 is 16.6 Å². The summed E-state index contributed by atoms with van der Waals surface area (Å²) < 4.78 is 0. The number of anilines is 1. The Morgan fingerprint density at radius 3 is 2.82 bits per heavy atom. The third kappa shape index (κ3) is 2.56. The molecule has 1 atom stereocenters. The second-order valence-electron chi connectivity index (χ2n) is 4.58. The van der Waals surface area contributed by atoms with E-state index in [0.717, 1.165) is 12.4 Å². The molecule has 0 saturated carbocycles. The van der Waals surface area contributed by atoms with Gasteiger partial charge in [0.1, 0.15) is 5.82 Å². The van der Waals surface area contributed by atoms with Crippen LogP contribution in [0.4, 0.5) is 5.82 Å². The van der Waals surface area contributed by atoms with Gasteiger partial charge in [-0.1, -0.05) is 31.2 Å². The topological polar surface area (TPSA) is 42.1 Å². The SMILES string of the molecule is CC(CN)CN(C)c1nccc2ccccc12. The van der Waals surface area contributed by atoms with E-state index in [-0.39, 0.29) is 0 Å². The van der Waals surface area contributed by atoms with Gasteiger partial charge in [0, 0.05) is 25.2 Å². The van der Waals surface area contributed by atoms with E-state index in [9.17, 15) is 0 Å². The summed E-state index contributed by atoms with van der Waals surface area (Å²) in [5.41, 5.74) is 5.66. The minimum atomic E-state index is 0.473. The van der Waals surface area contributed by atoms with Gasteiger partial charge in [-0.2, -0.15) is 0 Å². The first-order chi connectivity index (χ1) is 8.22. The Morgan fingerprint density at radius 2 is 2.06 bits per heavy atom. The molecule has 0 bridgehead atoms. The molecule has 1 aromatic carbocycles. The van der Waals surface area contributed by atoms with E-state index in [1.54, 1.807) is 0 Å². The lowest BCUT2D eigenvalue weighted by Gasteiger charge is -2.22. The van der Waals surface area contributed by atoms with E-state index in [4.69, 9.17) is 5.73 Å². The van der Waals surface area contributed by atoms with Crippen LogP contribution in [0.5, 0.6) is 0 Å². The van der Waals surface area contributed by atoms with E-state index < -0.39 is 0 Å². The predicted octanol–water partition coefficient (Wildman–Crippen LogP) is 2.27. The van der Waals surface area contributed by atoms with Crippen LogP contribution in [0.1, 0.15) is 6.92 Å². The van der Waals surface area contributed by atoms with Crippen LogP contribution in [-0.2, 0) is 0 Å². The van der Waals surface area contributed by atoms with Gasteiger partial charge < -0.3 is 10.6 Å². The number of pyridine rings is 1. The number of benzene rings is 1. The van der Waals surface area contributed by atoms with Crippen LogP contribution >= 0.6 is 0 Å². The Balaban J connectivity index is 2.34. The predicted molar refractivity (Wildman–Crippen MR) is 73.2 cm³/mol. The summed E-state index contributed by atoms with van der Waals surface area (Å²) in [6.45, 7) is 3.79. The van der Waals surface area contributed by atoms with Crippen LogP contribution in [0.3, 0.4) is 0 Å². The maximum Gasteiger partial charge on any atom is 0.136 e. The zero-order chi connectivity index (χ0) is 12.3. The van der Waals surface area contributed by atoms with Crippen molar-refractivity contribution in [3.8, 4) is 0 Å². The minimum absolute atomic E-state index is 0.473. The molecule has 1 unspecified atom stereocenters. The average Bonchev–Trinajstić information content (AvgIpc) is 2.37. The van der Waals surface area contributed by atoms with Gasteiger partial charge in [-0.3, -0.25) is 0 Å². The number of hydrogen-bond acceptors (Lipinski definition) is 3. The molecule has 3 heteroatoms. The van der Waals surface area contributed by atoms with Gasteiger partial charge >= 0.3 is 0 Å². The Labute approximate surface area is 102 Å². The second-order valence-corrected chi connectivity index (χ2v) is 4.58. The number of nitrogens with two attached hydrogens (primary N) is 1. The lowest BCUT2D eigenvalue weighted by molar-refractivity contribution is 0.588. The zero-order valence-corrected chi connectivity index (χ0v) is 10.4. The summed E-state index contributed by atoms with van der Waals surface area (Å²) in [4.78, 5) is 6.66. The Morgan fingerprint density at radius 1 is 1.29 bits per heavy atom. The fourth-order valence-electron chi connectivity index (χ4n) is 2.04. The van der Waals surface area contributed by atoms with E-state index >= 15 is 0 Å². The van der Waals surface area contributed by atoms with Gasteiger partial charge in [-0.05, 0) is 23.9 Å². The summed E-state index contributed by atoms with van der Waals surface area (Å²) in [7, 11) is 2.07. The van der Waals surface area contributed by atoms with Crippen molar-refractivity contribution in [2.24, 2.45) is 11.7 Å². The molecule has 2 N–H and O–H groups in total. The molecule has 0 aliphatic carbocycles. The molecule has 1 heterocycles. The second kappa shape index (κ2) is 5.15. The molecule has 2 rings (SSSR count). The summed E-state index contributed by atoms with van der Waals surface area (Å²) in [5, 5.41) is 2.42. The molecule has 0 aliphatic heterocycles. The Kier molecular flexibility index (Phi) is 3.59. The molecule has 0 aliphatic rings. The summed E-state index contributed by atoms with van der Waals surface area (Å²) in [5.74, 6) is 1.50. The number of hydrogen-bond donors (Lipinski definition) is 1. The van der Waals surface area contributed by atoms with Crippen LogP contribution in [0.15, 0.2) is 36.5 Å². The quantitative estimate of drug-likeness (QED) is 0.874. The number of rotatable bonds is 4. The standard InChI is InChI=1S/C14H19N3/c1-11(9-15)10-17(2)14-13-6-4-3-5-12(13)7-8-16-14/h3-8,11H,9-10,15H2,1-2H3. The van der Waals surface area contributed by atoms with Crippen molar-refractivity contribution in [3.05, 3.63) is 36.5 Å². The molecule has 90 valence electrons. The van der Waals surface area contributed by atoms with Crippen LogP contribution in [-0.4, -0.2) is 25.1 Å². The number of fused-ring (bicyclic) bond motifs is 1. The third-order valence-corrected chi connectivity index (χ3v) is 3.00. The van der Waals surface area contributed by atoms with Crippen molar-refractivity contribution in [3.63, 3.8) is 0 Å². The Bertz CT molecular complexity index is 490. The molecule has 1 aromatic heterocycles. The number of nitrogens with zero attached hydrogens (tertiary/aromatic N) is 2. The van der Waals surface area contributed by atoms with Gasteiger partial charge in [-0.15, -0.1) is 0 Å². The first kappa shape index (κ1) is 11.9. The molecule has 17 heavy (non-hydrogen) atoms. The largest absolute Gasteiger partial charge is 0.359 e. The van der Waals surface area contributed by atoms with Crippen molar-refractivity contribution in [2.45, 2.75) is 6.92 Å². The maximum atomic E-state index is 5.66. The fourth-order valence-corrected chi connectivity index (χ4v) is 2.04. The monoisotopic (exact) mass is 229 g/mol. The van der Waals surface area contributed by atoms with Gasteiger partial charge in [0.2, 0.25) is 0 Å². The summed E-state index contributed by atoms with van der Waals surface area (Å²) in [6.07, 6.45) is 1.86. The third-order valence-electron chi connectivity index (χ3n) is 3.00. The van der Waals surface area contributed by atoms with Crippen LogP contribution in [0.25, 0.3) is 10.8 Å². The van der Waals surface area contributed by atoms with Crippen LogP contribution in [0.2, 0.25) is 0 Å². The minimum Gasteiger partial charge on any atom is -0.359 e. The molecule has 0 saturated heterocycles. The lowest BCUT2D eigenvalue weighted by atomic mass is 10.1. The molecular weight excluding hydrogens is 210 g/mol. The molecule has 3 nitrogen and oxygen atoms in total. The molecule has 0 fully saturated rings. The first-order valence-electron chi connectivity index (χ1n) is 5.97. The zero-order valence-electron chi connectivity index (χ0n) is 10.4. The highest BCUT2D eigenvalue weighted by Crippen LogP contribution is 2.23. The Hall–Kier alpha value is -1.61. The highest BCUT2D eigenvalue weighted by Gasteiger charge is 2.09. The fraction of sp³-hybridized carbons (Fsp3) is 0.357. The van der Waals surface area contributed by atoms with Crippen molar-refractivity contribution in [1.29, 1.82) is 0 Å². The summed E-state index contributed by atoms with van der Waals surface area (Å²) >= 11 is 0. The smallest absolute Gasteiger partial charge is 0.136 e. The van der Waals surface area contributed by atoms with Gasteiger partial charge in [0.25, 0.3) is 0 Å². The van der Waals surface area contributed by atoms with E-state index in [1.807, 2.05) is 18.3 Å². The van der Waals surface area contributed by atoms with Gasteiger partial charge in [-0.25, -0.2) is 4.98 Å². The van der Waals surface area contributed by atoms with Gasteiger partial charge in [0.15, 0.2) is 0 Å². The van der Waals surface area contributed by atoms with Crippen LogP contribution < -0.4 is 10.6 Å². The van der Waals surface area contributed by atoms with Crippen LogP contribution in [0, 0.1) is 5.92 Å². The van der Waals surface area contributed by atoms with E-state index in [2.05, 4.69) is 42.1 Å². The molecule has 0 radical (unpaired) electrons. The van der Waals surface area contributed by atoms with Crippen molar-refractivity contribution in [2.75, 3.05) is 25.0 Å². The first-order valence-corrected chi connectivity index (χ1v) is 5.97. The van der Waals surface area contributed by atoms with Crippen molar-refractivity contribution in [1.82, 2.24) is 4.98 Å². The number of aromatic nitrogens is 1.